The number of halogens is 1. The third-order valence-electron chi connectivity index (χ3n) is 3.46. The molecule has 0 N–H and O–H groups in total. The summed E-state index contributed by atoms with van der Waals surface area (Å²) in [6, 6.07) is 6.43. The second kappa shape index (κ2) is 7.35. The first-order chi connectivity index (χ1) is 12.0. The lowest BCUT2D eigenvalue weighted by atomic mass is 10.1. The monoisotopic (exact) mass is 360 g/mol. The van der Waals surface area contributed by atoms with Crippen molar-refractivity contribution in [1.82, 2.24) is 9.38 Å². The van der Waals surface area contributed by atoms with E-state index in [-0.39, 0.29) is 30.8 Å². The van der Waals surface area contributed by atoms with Crippen LogP contribution in [-0.4, -0.2) is 21.1 Å². The Balaban J connectivity index is 1.53. The Hall–Kier alpha value is -2.87. The second-order valence-corrected chi connectivity index (χ2v) is 6.11. The number of ether oxygens (including phenoxy) is 1. The van der Waals surface area contributed by atoms with Crippen molar-refractivity contribution in [2.45, 2.75) is 19.4 Å². The summed E-state index contributed by atoms with van der Waals surface area (Å²) in [6.45, 7) is -0.132. The molecule has 0 atom stereocenters. The normalized spacial score (nSPS) is 10.8. The van der Waals surface area contributed by atoms with E-state index < -0.39 is 11.8 Å². The molecule has 3 rings (SSSR count). The summed E-state index contributed by atoms with van der Waals surface area (Å²) in [4.78, 5) is 40.2. The van der Waals surface area contributed by atoms with Crippen LogP contribution >= 0.6 is 11.3 Å². The van der Waals surface area contributed by atoms with E-state index in [0.717, 1.165) is 0 Å². The van der Waals surface area contributed by atoms with Gasteiger partial charge in [0.2, 0.25) is 0 Å². The number of carbonyl (C=O) groups excluding carboxylic acids is 2. The Morgan fingerprint density at radius 1 is 1.20 bits per heavy atom. The van der Waals surface area contributed by atoms with Crippen LogP contribution in [0.4, 0.5) is 4.39 Å². The molecule has 6 nitrogen and oxygen atoms in total. The molecule has 0 aliphatic carbocycles. The van der Waals surface area contributed by atoms with Gasteiger partial charge in [-0.15, -0.1) is 11.3 Å². The zero-order chi connectivity index (χ0) is 17.8. The van der Waals surface area contributed by atoms with Crippen LogP contribution in [0.5, 0.6) is 0 Å². The molecule has 0 radical (unpaired) electrons. The molecule has 0 spiro atoms. The smallest absolute Gasteiger partial charge is 0.306 e. The van der Waals surface area contributed by atoms with Gasteiger partial charge in [0.15, 0.2) is 10.7 Å². The molecule has 0 unspecified atom stereocenters. The predicted octanol–water partition coefficient (Wildman–Crippen LogP) is 2.60. The topological polar surface area (TPSA) is 77.7 Å². The largest absolute Gasteiger partial charge is 0.459 e. The summed E-state index contributed by atoms with van der Waals surface area (Å²) in [6.07, 6.45) is 1.48. The Kier molecular flexibility index (Phi) is 4.99. The zero-order valence-electron chi connectivity index (χ0n) is 13.0. The number of hydrogen-bond donors (Lipinski definition) is 0. The molecule has 0 fully saturated rings. The van der Waals surface area contributed by atoms with Crippen molar-refractivity contribution < 1.29 is 18.7 Å². The number of hydrogen-bond acceptors (Lipinski definition) is 6. The minimum Gasteiger partial charge on any atom is -0.459 e. The van der Waals surface area contributed by atoms with Gasteiger partial charge in [0.05, 0.1) is 12.1 Å². The van der Waals surface area contributed by atoms with E-state index >= 15 is 0 Å². The fourth-order valence-electron chi connectivity index (χ4n) is 2.18. The first-order valence-corrected chi connectivity index (χ1v) is 8.31. The maximum Gasteiger partial charge on any atom is 0.306 e. The van der Waals surface area contributed by atoms with Crippen LogP contribution in [0.25, 0.3) is 4.96 Å². The standard InChI is InChI=1S/C17H13FN2O4S/c18-12-3-1-11(2-4-12)14(21)5-6-16(23)24-10-13-9-15(22)20-7-8-25-17(20)19-13/h1-4,7-9H,5-6,10H2. The van der Waals surface area contributed by atoms with Gasteiger partial charge < -0.3 is 4.74 Å². The quantitative estimate of drug-likeness (QED) is 0.499. The van der Waals surface area contributed by atoms with E-state index in [0.29, 0.717) is 16.2 Å². The molecular formula is C17H13FN2O4S. The average Bonchev–Trinajstić information content (AvgIpc) is 3.07. The Morgan fingerprint density at radius 2 is 1.96 bits per heavy atom. The van der Waals surface area contributed by atoms with Gasteiger partial charge in [-0.1, -0.05) is 0 Å². The zero-order valence-corrected chi connectivity index (χ0v) is 13.8. The van der Waals surface area contributed by atoms with E-state index in [4.69, 9.17) is 4.74 Å². The van der Waals surface area contributed by atoms with Crippen LogP contribution in [-0.2, 0) is 16.1 Å². The predicted molar refractivity (Wildman–Crippen MR) is 89.1 cm³/mol. The van der Waals surface area contributed by atoms with E-state index in [1.54, 1.807) is 11.6 Å². The van der Waals surface area contributed by atoms with Gasteiger partial charge in [0.1, 0.15) is 12.4 Å². The number of ketones is 1. The molecule has 25 heavy (non-hydrogen) atoms. The number of thiazole rings is 1. The highest BCUT2D eigenvalue weighted by Gasteiger charge is 2.11. The Labute approximate surface area is 145 Å². The van der Waals surface area contributed by atoms with Crippen molar-refractivity contribution in [3.63, 3.8) is 0 Å². The third kappa shape index (κ3) is 4.16. The van der Waals surface area contributed by atoms with Gasteiger partial charge in [0.25, 0.3) is 5.56 Å². The molecule has 0 amide bonds. The minimum absolute atomic E-state index is 0.0372. The fraction of sp³-hybridized carbons (Fsp3) is 0.176. The molecule has 0 aliphatic rings. The number of carbonyl (C=O) groups is 2. The van der Waals surface area contributed by atoms with Crippen LogP contribution in [0.3, 0.4) is 0 Å². The molecule has 1 aromatic carbocycles. The van der Waals surface area contributed by atoms with Gasteiger partial charge in [-0.3, -0.25) is 18.8 Å². The number of Topliss-reactive ketones (excluding diaryl/α,β-unsaturated/α-hetero) is 1. The summed E-state index contributed by atoms with van der Waals surface area (Å²) >= 11 is 1.30. The van der Waals surface area contributed by atoms with E-state index in [1.165, 1.54) is 46.1 Å². The van der Waals surface area contributed by atoms with Crippen molar-refractivity contribution >= 4 is 28.1 Å². The van der Waals surface area contributed by atoms with E-state index in [2.05, 4.69) is 4.98 Å². The number of nitrogens with zero attached hydrogens (tertiary/aromatic N) is 2. The van der Waals surface area contributed by atoms with Gasteiger partial charge in [-0.2, -0.15) is 0 Å². The lowest BCUT2D eigenvalue weighted by Gasteiger charge is -2.05. The van der Waals surface area contributed by atoms with Crippen molar-refractivity contribution in [3.05, 3.63) is 69.3 Å². The minimum atomic E-state index is -0.566. The molecule has 0 aliphatic heterocycles. The maximum absolute atomic E-state index is 12.8. The molecule has 8 heteroatoms. The number of esters is 1. The van der Waals surface area contributed by atoms with Crippen molar-refractivity contribution in [2.75, 3.05) is 0 Å². The molecule has 128 valence electrons. The van der Waals surface area contributed by atoms with Gasteiger partial charge in [-0.05, 0) is 24.3 Å². The highest BCUT2D eigenvalue weighted by Crippen LogP contribution is 2.10. The molecule has 0 saturated heterocycles. The van der Waals surface area contributed by atoms with E-state index in [9.17, 15) is 18.8 Å². The SMILES string of the molecule is O=C(CCC(=O)c1ccc(F)cc1)OCc1cc(=O)n2ccsc2n1. The van der Waals surface area contributed by atoms with Crippen LogP contribution in [0, 0.1) is 5.82 Å². The molecule has 0 bridgehead atoms. The summed E-state index contributed by atoms with van der Waals surface area (Å²) < 4.78 is 19.3. The summed E-state index contributed by atoms with van der Waals surface area (Å²) in [5.41, 5.74) is 0.446. The van der Waals surface area contributed by atoms with Crippen LogP contribution in [0.1, 0.15) is 28.9 Å². The van der Waals surface area contributed by atoms with Crippen LogP contribution in [0.15, 0.2) is 46.7 Å². The molecule has 2 heterocycles. The van der Waals surface area contributed by atoms with Crippen molar-refractivity contribution in [2.24, 2.45) is 0 Å². The summed E-state index contributed by atoms with van der Waals surface area (Å²) in [5.74, 6) is -1.26. The van der Waals surface area contributed by atoms with Crippen LogP contribution < -0.4 is 5.56 Å². The Bertz CT molecular complexity index is 978. The number of fused-ring (bicyclic) bond motifs is 1. The summed E-state index contributed by atoms with van der Waals surface area (Å²) in [5, 5.41) is 1.74. The first-order valence-electron chi connectivity index (χ1n) is 7.43. The number of aromatic nitrogens is 2. The van der Waals surface area contributed by atoms with E-state index in [1.807, 2.05) is 0 Å². The molecular weight excluding hydrogens is 347 g/mol. The van der Waals surface area contributed by atoms with Gasteiger partial charge in [0, 0.05) is 29.6 Å². The highest BCUT2D eigenvalue weighted by molar-refractivity contribution is 7.15. The van der Waals surface area contributed by atoms with Gasteiger partial charge in [-0.25, -0.2) is 9.37 Å². The Morgan fingerprint density at radius 3 is 2.72 bits per heavy atom. The fourth-order valence-corrected chi connectivity index (χ4v) is 2.92. The molecule has 0 saturated carbocycles. The molecule has 3 aromatic rings. The summed E-state index contributed by atoms with van der Waals surface area (Å²) in [7, 11) is 0. The first kappa shape index (κ1) is 17.0. The maximum atomic E-state index is 12.8. The van der Waals surface area contributed by atoms with Crippen molar-refractivity contribution in [3.8, 4) is 0 Å². The average molecular weight is 360 g/mol. The van der Waals surface area contributed by atoms with Gasteiger partial charge >= 0.3 is 5.97 Å². The van der Waals surface area contributed by atoms with Crippen LogP contribution in [0.2, 0.25) is 0 Å². The van der Waals surface area contributed by atoms with Crippen molar-refractivity contribution in [1.29, 1.82) is 0 Å². The highest BCUT2D eigenvalue weighted by atomic mass is 32.1. The number of benzene rings is 1. The lowest BCUT2D eigenvalue weighted by Crippen LogP contribution is -2.15. The third-order valence-corrected chi connectivity index (χ3v) is 4.22. The number of rotatable bonds is 6. The lowest BCUT2D eigenvalue weighted by molar-refractivity contribution is -0.145. The second-order valence-electron chi connectivity index (χ2n) is 5.23. The molecule has 2 aromatic heterocycles.